The first-order chi connectivity index (χ1) is 15.6. The Bertz CT molecular complexity index is 1270. The molecule has 0 aliphatic rings. The zero-order chi connectivity index (χ0) is 22.5. The maximum absolute atomic E-state index is 13.7. The third-order valence-electron chi connectivity index (χ3n) is 5.25. The number of aromatic amines is 1. The summed E-state index contributed by atoms with van der Waals surface area (Å²) in [6.07, 6.45) is 11.5. The molecule has 0 aliphatic heterocycles. The standard InChI is InChI=1S/C24H28FN7/c1-4-5-10-26-11-9-21-30-23(22-24(31-21)32(15-29-22)16(2)3)27-12-8-17-14-28-20-7-6-18(25)13-19(17)20/h5-7,10-11,13-16,28H,4,8-9,12H2,1-3H3,(H,27,30,31)/b10-5-,26-11-. The highest BCUT2D eigenvalue weighted by atomic mass is 19.1. The lowest BCUT2D eigenvalue weighted by molar-refractivity contribution is 0.612. The number of benzene rings is 1. The van der Waals surface area contributed by atoms with Gasteiger partial charge in [0.05, 0.1) is 6.33 Å². The molecule has 3 heterocycles. The van der Waals surface area contributed by atoms with E-state index in [1.807, 2.05) is 23.1 Å². The average Bonchev–Trinajstić information content (AvgIpc) is 3.38. The highest BCUT2D eigenvalue weighted by Crippen LogP contribution is 2.23. The summed E-state index contributed by atoms with van der Waals surface area (Å²) in [6.45, 7) is 6.91. The van der Waals surface area contributed by atoms with Gasteiger partial charge in [0.15, 0.2) is 11.5 Å². The Hall–Kier alpha value is -3.55. The molecule has 166 valence electrons. The molecule has 0 unspecified atom stereocenters. The molecule has 0 saturated carbocycles. The third kappa shape index (κ3) is 4.69. The summed E-state index contributed by atoms with van der Waals surface area (Å²) in [4.78, 5) is 21.5. The lowest BCUT2D eigenvalue weighted by Gasteiger charge is -2.10. The minimum Gasteiger partial charge on any atom is -0.368 e. The van der Waals surface area contributed by atoms with Gasteiger partial charge in [0, 0.05) is 48.5 Å². The van der Waals surface area contributed by atoms with Crippen LogP contribution < -0.4 is 5.32 Å². The molecule has 2 N–H and O–H groups in total. The number of rotatable bonds is 9. The topological polar surface area (TPSA) is 83.8 Å². The van der Waals surface area contributed by atoms with Crippen LogP contribution in [0.3, 0.4) is 0 Å². The third-order valence-corrected chi connectivity index (χ3v) is 5.25. The summed E-state index contributed by atoms with van der Waals surface area (Å²) in [7, 11) is 0. The van der Waals surface area contributed by atoms with Crippen molar-refractivity contribution in [1.29, 1.82) is 0 Å². The molecule has 0 radical (unpaired) electrons. The Morgan fingerprint density at radius 2 is 2.16 bits per heavy atom. The van der Waals surface area contributed by atoms with Crippen LogP contribution in [-0.2, 0) is 12.8 Å². The molecule has 0 fully saturated rings. The van der Waals surface area contributed by atoms with Gasteiger partial charge >= 0.3 is 0 Å². The maximum atomic E-state index is 13.7. The van der Waals surface area contributed by atoms with E-state index < -0.39 is 0 Å². The lowest BCUT2D eigenvalue weighted by atomic mass is 10.1. The molecule has 0 amide bonds. The zero-order valence-electron chi connectivity index (χ0n) is 18.6. The fourth-order valence-electron chi connectivity index (χ4n) is 3.59. The number of imidazole rings is 1. The minimum atomic E-state index is -0.233. The van der Waals surface area contributed by atoms with Crippen molar-refractivity contribution in [2.24, 2.45) is 4.99 Å². The van der Waals surface area contributed by atoms with E-state index in [0.717, 1.165) is 40.5 Å². The van der Waals surface area contributed by atoms with Crippen LogP contribution in [-0.4, -0.2) is 37.3 Å². The molecule has 3 aromatic heterocycles. The highest BCUT2D eigenvalue weighted by Gasteiger charge is 2.15. The van der Waals surface area contributed by atoms with Crippen molar-refractivity contribution in [3.8, 4) is 0 Å². The van der Waals surface area contributed by atoms with Crippen molar-refractivity contribution in [2.45, 2.75) is 46.1 Å². The monoisotopic (exact) mass is 433 g/mol. The van der Waals surface area contributed by atoms with E-state index >= 15 is 0 Å². The van der Waals surface area contributed by atoms with Crippen LogP contribution >= 0.6 is 0 Å². The van der Waals surface area contributed by atoms with Crippen LogP contribution in [0.15, 0.2) is 48.0 Å². The van der Waals surface area contributed by atoms with Crippen molar-refractivity contribution in [2.75, 3.05) is 11.9 Å². The quantitative estimate of drug-likeness (QED) is 0.355. The number of H-pyrrole nitrogens is 1. The second-order valence-electron chi connectivity index (χ2n) is 7.92. The van der Waals surface area contributed by atoms with Gasteiger partial charge in [-0.2, -0.15) is 0 Å². The molecule has 0 bridgehead atoms. The van der Waals surface area contributed by atoms with Crippen LogP contribution in [0.1, 0.15) is 44.6 Å². The summed E-state index contributed by atoms with van der Waals surface area (Å²) in [5.74, 6) is 1.15. The smallest absolute Gasteiger partial charge is 0.166 e. The number of nitrogens with one attached hydrogen (secondary N) is 2. The van der Waals surface area contributed by atoms with E-state index in [1.165, 1.54) is 6.07 Å². The largest absolute Gasteiger partial charge is 0.368 e. The molecule has 4 aromatic rings. The number of anilines is 1. The zero-order valence-corrected chi connectivity index (χ0v) is 18.6. The molecule has 8 heteroatoms. The van der Waals surface area contributed by atoms with Gasteiger partial charge in [0.25, 0.3) is 0 Å². The predicted molar refractivity (Wildman–Crippen MR) is 128 cm³/mol. The molecule has 0 saturated heterocycles. The molecular formula is C24H28FN7. The van der Waals surface area contributed by atoms with E-state index in [9.17, 15) is 4.39 Å². The second kappa shape index (κ2) is 9.72. The van der Waals surface area contributed by atoms with Crippen LogP contribution in [0.4, 0.5) is 10.2 Å². The Labute approximate surface area is 186 Å². The molecule has 0 aliphatic carbocycles. The molecule has 0 spiro atoms. The molecule has 1 aromatic carbocycles. The van der Waals surface area contributed by atoms with Gasteiger partial charge in [-0.05, 0) is 50.5 Å². The van der Waals surface area contributed by atoms with Crippen LogP contribution in [0.5, 0.6) is 0 Å². The normalized spacial score (nSPS) is 12.3. The number of halogens is 1. The van der Waals surface area contributed by atoms with E-state index in [-0.39, 0.29) is 11.9 Å². The first kappa shape index (κ1) is 21.7. The number of hydrogen-bond acceptors (Lipinski definition) is 5. The van der Waals surface area contributed by atoms with E-state index in [0.29, 0.717) is 24.6 Å². The first-order valence-corrected chi connectivity index (χ1v) is 11.0. The summed E-state index contributed by atoms with van der Waals surface area (Å²) in [5.41, 5.74) is 3.54. The Morgan fingerprint density at radius 3 is 2.97 bits per heavy atom. The van der Waals surface area contributed by atoms with E-state index in [2.05, 4.69) is 41.0 Å². The summed E-state index contributed by atoms with van der Waals surface area (Å²) in [6, 6.07) is 5.03. The minimum absolute atomic E-state index is 0.233. The molecule has 4 rings (SSSR count). The van der Waals surface area contributed by atoms with Gasteiger partial charge in [0.1, 0.15) is 17.2 Å². The highest BCUT2D eigenvalue weighted by molar-refractivity contribution is 5.84. The van der Waals surface area contributed by atoms with Gasteiger partial charge in [-0.1, -0.05) is 13.0 Å². The summed E-state index contributed by atoms with van der Waals surface area (Å²) < 4.78 is 15.7. The van der Waals surface area contributed by atoms with E-state index in [1.54, 1.807) is 24.7 Å². The van der Waals surface area contributed by atoms with Crippen LogP contribution in [0, 0.1) is 5.82 Å². The van der Waals surface area contributed by atoms with Crippen molar-refractivity contribution >= 4 is 34.1 Å². The van der Waals surface area contributed by atoms with Crippen molar-refractivity contribution in [3.63, 3.8) is 0 Å². The fourth-order valence-corrected chi connectivity index (χ4v) is 3.59. The average molecular weight is 434 g/mol. The van der Waals surface area contributed by atoms with Crippen molar-refractivity contribution < 1.29 is 4.39 Å². The Balaban J connectivity index is 1.56. The SMILES string of the molecule is CC/C=C\N=C/Cc1nc(NCCc2c[nH]c3ccc(F)cc23)c2ncn(C(C)C)c2n1. The van der Waals surface area contributed by atoms with Gasteiger partial charge in [0.2, 0.25) is 0 Å². The van der Waals surface area contributed by atoms with Crippen LogP contribution in [0.25, 0.3) is 22.1 Å². The lowest BCUT2D eigenvalue weighted by Crippen LogP contribution is -2.10. The summed E-state index contributed by atoms with van der Waals surface area (Å²) >= 11 is 0. The number of aliphatic imine (C=N–C) groups is 1. The first-order valence-electron chi connectivity index (χ1n) is 11.0. The van der Waals surface area contributed by atoms with Gasteiger partial charge in [-0.25, -0.2) is 19.3 Å². The summed E-state index contributed by atoms with van der Waals surface area (Å²) in [5, 5.41) is 4.32. The molecular weight excluding hydrogens is 405 g/mol. The van der Waals surface area contributed by atoms with E-state index in [4.69, 9.17) is 9.97 Å². The number of allylic oxidation sites excluding steroid dienone is 1. The Kier molecular flexibility index (Phi) is 6.58. The van der Waals surface area contributed by atoms with Gasteiger partial charge in [-0.15, -0.1) is 0 Å². The Morgan fingerprint density at radius 1 is 1.28 bits per heavy atom. The molecule has 0 atom stereocenters. The number of fused-ring (bicyclic) bond motifs is 2. The van der Waals surface area contributed by atoms with Gasteiger partial charge in [-0.3, -0.25) is 4.99 Å². The van der Waals surface area contributed by atoms with Crippen molar-refractivity contribution in [3.05, 3.63) is 60.2 Å². The molecule has 7 nitrogen and oxygen atoms in total. The molecule has 32 heavy (non-hydrogen) atoms. The predicted octanol–water partition coefficient (Wildman–Crippen LogP) is 5.22. The number of aromatic nitrogens is 5. The van der Waals surface area contributed by atoms with Gasteiger partial charge < -0.3 is 14.9 Å². The number of nitrogens with zero attached hydrogens (tertiary/aromatic N) is 5. The number of hydrogen-bond donors (Lipinski definition) is 2. The fraction of sp³-hybridized carbons (Fsp3) is 0.333. The second-order valence-corrected chi connectivity index (χ2v) is 7.92. The van der Waals surface area contributed by atoms with Crippen LogP contribution in [0.2, 0.25) is 0 Å². The van der Waals surface area contributed by atoms with Crippen molar-refractivity contribution in [1.82, 2.24) is 24.5 Å². The maximum Gasteiger partial charge on any atom is 0.166 e.